The molecule has 2 atom stereocenters. The molecule has 1 aromatic rings. The number of amides is 2. The van der Waals surface area contributed by atoms with E-state index in [4.69, 9.17) is 11.6 Å². The van der Waals surface area contributed by atoms with Crippen LogP contribution >= 0.6 is 23.4 Å². The summed E-state index contributed by atoms with van der Waals surface area (Å²) >= 11 is 7.88. The minimum atomic E-state index is -0.523. The van der Waals surface area contributed by atoms with E-state index in [2.05, 4.69) is 10.6 Å². The topological polar surface area (TPSA) is 61.4 Å². The lowest BCUT2D eigenvalue weighted by atomic mass is 9.97. The van der Waals surface area contributed by atoms with Crippen LogP contribution in [-0.2, 0) is 0 Å². The van der Waals surface area contributed by atoms with Crippen LogP contribution in [0.1, 0.15) is 37.8 Å². The zero-order valence-corrected chi connectivity index (χ0v) is 14.1. The van der Waals surface area contributed by atoms with Crippen LogP contribution in [0.4, 0.5) is 4.79 Å². The number of benzene rings is 1. The zero-order valence-electron chi connectivity index (χ0n) is 12.6. The summed E-state index contributed by atoms with van der Waals surface area (Å²) < 4.78 is 0. The molecular weight excluding hydrogens is 320 g/mol. The Morgan fingerprint density at radius 3 is 2.91 bits per heavy atom. The van der Waals surface area contributed by atoms with Crippen molar-refractivity contribution in [2.45, 2.75) is 42.7 Å². The van der Waals surface area contributed by atoms with Crippen LogP contribution < -0.4 is 10.6 Å². The summed E-state index contributed by atoms with van der Waals surface area (Å²) in [7, 11) is 0. The number of halogens is 1. The van der Waals surface area contributed by atoms with Gasteiger partial charge in [-0.25, -0.2) is 4.79 Å². The fraction of sp³-hybridized carbons (Fsp3) is 0.562. The molecule has 4 nitrogen and oxygen atoms in total. The quantitative estimate of drug-likeness (QED) is 0.787. The Bertz CT molecular complexity index is 579. The van der Waals surface area contributed by atoms with Crippen LogP contribution in [0.3, 0.4) is 0 Å². The number of rotatable bonds is 4. The van der Waals surface area contributed by atoms with Crippen LogP contribution in [0.5, 0.6) is 0 Å². The van der Waals surface area contributed by atoms with Gasteiger partial charge in [0.25, 0.3) is 0 Å². The van der Waals surface area contributed by atoms with Crippen LogP contribution in [0, 0.1) is 5.92 Å². The minimum absolute atomic E-state index is 0.0305. The van der Waals surface area contributed by atoms with Crippen molar-refractivity contribution in [1.82, 2.24) is 10.6 Å². The van der Waals surface area contributed by atoms with E-state index in [-0.39, 0.29) is 18.7 Å². The second-order valence-corrected chi connectivity index (χ2v) is 7.89. The average molecular weight is 341 g/mol. The first kappa shape index (κ1) is 16.0. The van der Waals surface area contributed by atoms with Gasteiger partial charge in [0.15, 0.2) is 0 Å². The van der Waals surface area contributed by atoms with Crippen molar-refractivity contribution >= 4 is 29.4 Å². The molecule has 0 spiro atoms. The molecule has 2 unspecified atom stereocenters. The maximum Gasteiger partial charge on any atom is 0.315 e. The molecule has 0 bridgehead atoms. The Morgan fingerprint density at radius 2 is 2.23 bits per heavy atom. The number of hydrogen-bond acceptors (Lipinski definition) is 3. The molecule has 2 amide bonds. The third kappa shape index (κ3) is 3.36. The van der Waals surface area contributed by atoms with E-state index < -0.39 is 5.54 Å². The van der Waals surface area contributed by atoms with Gasteiger partial charge in [0.2, 0.25) is 0 Å². The van der Waals surface area contributed by atoms with Gasteiger partial charge >= 0.3 is 6.03 Å². The van der Waals surface area contributed by atoms with Crippen LogP contribution in [0.15, 0.2) is 23.1 Å². The van der Waals surface area contributed by atoms with Gasteiger partial charge in [-0.3, -0.25) is 0 Å². The number of carbonyl (C=O) groups excluding carboxylic acids is 1. The summed E-state index contributed by atoms with van der Waals surface area (Å²) in [4.78, 5) is 13.5. The third-order valence-corrected chi connectivity index (χ3v) is 5.88. The van der Waals surface area contributed by atoms with Crippen LogP contribution in [-0.4, -0.2) is 29.0 Å². The van der Waals surface area contributed by atoms with Crippen molar-refractivity contribution in [3.05, 3.63) is 28.8 Å². The summed E-state index contributed by atoms with van der Waals surface area (Å²) in [5, 5.41) is 16.3. The number of thioether (sulfide) groups is 1. The molecule has 0 radical (unpaired) electrons. The van der Waals surface area contributed by atoms with Gasteiger partial charge < -0.3 is 15.7 Å². The molecule has 3 N–H and O–H groups in total. The Hall–Kier alpha value is -0.910. The highest BCUT2D eigenvalue weighted by Gasteiger charge is 2.42. The average Bonchev–Trinajstić information content (AvgIpc) is 3.33. The lowest BCUT2D eigenvalue weighted by Crippen LogP contribution is -2.54. The lowest BCUT2D eigenvalue weighted by molar-refractivity contribution is 0.154. The molecule has 1 aromatic carbocycles. The fourth-order valence-electron chi connectivity index (χ4n) is 2.96. The van der Waals surface area contributed by atoms with Crippen molar-refractivity contribution in [3.63, 3.8) is 0 Å². The maximum absolute atomic E-state index is 12.3. The number of fused-ring (bicyclic) bond motifs is 1. The molecule has 1 aliphatic carbocycles. The molecule has 6 heteroatoms. The smallest absolute Gasteiger partial charge is 0.315 e. The normalized spacial score (nSPS) is 23.3. The molecule has 3 rings (SSSR count). The molecule has 1 fully saturated rings. The molecule has 1 saturated carbocycles. The maximum atomic E-state index is 12.3. The molecule has 1 aliphatic heterocycles. The van der Waals surface area contributed by atoms with E-state index in [1.165, 1.54) is 4.90 Å². The SMILES string of the molecule is CC(CO)(NC(=O)NC1CCSc2ccc(Cl)cc21)C1CC1. The molecule has 0 aromatic heterocycles. The first-order valence-corrected chi connectivity index (χ1v) is 9.00. The Balaban J connectivity index is 1.69. The van der Waals surface area contributed by atoms with Crippen molar-refractivity contribution in [2.24, 2.45) is 5.92 Å². The zero-order chi connectivity index (χ0) is 15.7. The number of aliphatic hydroxyl groups is 1. The van der Waals surface area contributed by atoms with Crippen molar-refractivity contribution < 1.29 is 9.90 Å². The van der Waals surface area contributed by atoms with E-state index in [9.17, 15) is 9.90 Å². The van der Waals surface area contributed by atoms with E-state index in [0.717, 1.165) is 30.6 Å². The summed E-state index contributed by atoms with van der Waals surface area (Å²) in [6.45, 7) is 1.87. The van der Waals surface area contributed by atoms with Gasteiger partial charge in [-0.1, -0.05) is 11.6 Å². The highest BCUT2D eigenvalue weighted by molar-refractivity contribution is 7.99. The number of hydrogen-bond donors (Lipinski definition) is 3. The number of aliphatic hydroxyl groups excluding tert-OH is 1. The fourth-order valence-corrected chi connectivity index (χ4v) is 4.25. The predicted molar refractivity (Wildman–Crippen MR) is 89.4 cm³/mol. The minimum Gasteiger partial charge on any atom is -0.394 e. The highest BCUT2D eigenvalue weighted by atomic mass is 35.5. The Morgan fingerprint density at radius 1 is 1.45 bits per heavy atom. The largest absolute Gasteiger partial charge is 0.394 e. The van der Waals surface area contributed by atoms with Gasteiger partial charge in [-0.05, 0) is 55.9 Å². The van der Waals surface area contributed by atoms with Crippen LogP contribution in [0.2, 0.25) is 5.02 Å². The summed E-state index contributed by atoms with van der Waals surface area (Å²) in [6, 6.07) is 5.57. The molecular formula is C16H21ClN2O2S. The van der Waals surface area contributed by atoms with Crippen molar-refractivity contribution in [3.8, 4) is 0 Å². The second kappa shape index (κ2) is 6.30. The third-order valence-electron chi connectivity index (χ3n) is 4.52. The first-order chi connectivity index (χ1) is 10.5. The van der Waals surface area contributed by atoms with Gasteiger partial charge in [-0.2, -0.15) is 0 Å². The van der Waals surface area contributed by atoms with E-state index in [0.29, 0.717) is 10.9 Å². The molecule has 22 heavy (non-hydrogen) atoms. The summed E-state index contributed by atoms with van der Waals surface area (Å²) in [5.41, 5.74) is 0.556. The molecule has 0 saturated heterocycles. The number of carbonyl (C=O) groups is 1. The number of urea groups is 1. The van der Waals surface area contributed by atoms with Gasteiger partial charge in [0, 0.05) is 15.7 Å². The van der Waals surface area contributed by atoms with Crippen molar-refractivity contribution in [2.75, 3.05) is 12.4 Å². The summed E-state index contributed by atoms with van der Waals surface area (Å²) in [5.74, 6) is 1.35. The highest BCUT2D eigenvalue weighted by Crippen LogP contribution is 2.40. The molecule has 2 aliphatic rings. The second-order valence-electron chi connectivity index (χ2n) is 6.32. The first-order valence-electron chi connectivity index (χ1n) is 7.63. The van der Waals surface area contributed by atoms with Gasteiger partial charge in [0.05, 0.1) is 18.2 Å². The van der Waals surface area contributed by atoms with Gasteiger partial charge in [0.1, 0.15) is 0 Å². The van der Waals surface area contributed by atoms with Crippen molar-refractivity contribution in [1.29, 1.82) is 0 Å². The van der Waals surface area contributed by atoms with E-state index in [1.54, 1.807) is 11.8 Å². The number of nitrogens with one attached hydrogen (secondary N) is 2. The van der Waals surface area contributed by atoms with E-state index in [1.807, 2.05) is 25.1 Å². The lowest BCUT2D eigenvalue weighted by Gasteiger charge is -2.31. The molecule has 120 valence electrons. The summed E-state index contributed by atoms with van der Waals surface area (Å²) in [6.07, 6.45) is 3.01. The standard InChI is InChI=1S/C16H21ClN2O2S/c1-16(9-20,10-2-3-10)19-15(21)18-13-6-7-22-14-5-4-11(17)8-12(13)14/h4-5,8,10,13,20H,2-3,6-7,9H2,1H3,(H2,18,19,21). The van der Waals surface area contributed by atoms with E-state index >= 15 is 0 Å². The molecule has 1 heterocycles. The monoisotopic (exact) mass is 340 g/mol. The van der Waals surface area contributed by atoms with Gasteiger partial charge in [-0.15, -0.1) is 11.8 Å². The Kier molecular flexibility index (Phi) is 4.57. The Labute approximate surface area is 140 Å². The van der Waals surface area contributed by atoms with Crippen LogP contribution in [0.25, 0.3) is 0 Å². The predicted octanol–water partition coefficient (Wildman–Crippen LogP) is 3.34.